The normalized spacial score (nSPS) is 12.5. The van der Waals surface area contributed by atoms with Gasteiger partial charge in [-0.15, -0.1) is 11.8 Å². The Morgan fingerprint density at radius 1 is 1.21 bits per heavy atom. The van der Waals surface area contributed by atoms with E-state index in [-0.39, 0.29) is 0 Å². The van der Waals surface area contributed by atoms with Crippen LogP contribution in [0, 0.1) is 0 Å². The van der Waals surface area contributed by atoms with E-state index in [0.29, 0.717) is 0 Å². The summed E-state index contributed by atoms with van der Waals surface area (Å²) in [5.74, 6) is 0.968. The summed E-state index contributed by atoms with van der Waals surface area (Å²) in [7, 11) is 1.97. The molecule has 0 saturated heterocycles. The van der Waals surface area contributed by atoms with E-state index >= 15 is 0 Å². The Morgan fingerprint density at radius 3 is 2.43 bits per heavy atom. The van der Waals surface area contributed by atoms with Crippen molar-refractivity contribution in [3.63, 3.8) is 0 Å². The van der Waals surface area contributed by atoms with Crippen molar-refractivity contribution in [2.75, 3.05) is 12.9 Å². The van der Waals surface area contributed by atoms with Crippen molar-refractivity contribution in [2.24, 2.45) is 0 Å². The van der Waals surface area contributed by atoms with Gasteiger partial charge in [-0.3, -0.25) is 0 Å². The lowest BCUT2D eigenvalue weighted by molar-refractivity contribution is 0.984. The Bertz CT molecular complexity index is 303. The molecule has 1 aromatic rings. The summed E-state index contributed by atoms with van der Waals surface area (Å²) in [5, 5.41) is 3.13. The number of hydrogen-bond acceptors (Lipinski definition) is 2. The van der Waals surface area contributed by atoms with Crippen LogP contribution in [0.25, 0.3) is 5.57 Å². The molecule has 1 aromatic carbocycles. The predicted octanol–water partition coefficient (Wildman–Crippen LogP) is 3.35. The lowest BCUT2D eigenvalue weighted by atomic mass is 10.1. The second-order valence-electron chi connectivity index (χ2n) is 3.19. The topological polar surface area (TPSA) is 12.0 Å². The van der Waals surface area contributed by atoms with Gasteiger partial charge in [0.05, 0.1) is 0 Å². The quantitative estimate of drug-likeness (QED) is 0.760. The highest BCUT2D eigenvalue weighted by molar-refractivity contribution is 8.03. The van der Waals surface area contributed by atoms with Crippen LogP contribution in [0.2, 0.25) is 0 Å². The first-order valence-electron chi connectivity index (χ1n) is 4.76. The molecule has 1 rings (SSSR count). The fourth-order valence-electron chi connectivity index (χ4n) is 1.18. The highest BCUT2D eigenvalue weighted by Gasteiger charge is 1.99. The Balaban J connectivity index is 2.77. The molecule has 0 aliphatic carbocycles. The average molecular weight is 207 g/mol. The maximum atomic E-state index is 3.13. The minimum atomic E-state index is 0.968. The molecule has 0 spiro atoms. The van der Waals surface area contributed by atoms with E-state index in [4.69, 9.17) is 0 Å². The lowest BCUT2D eigenvalue weighted by Crippen LogP contribution is -2.03. The van der Waals surface area contributed by atoms with Crippen molar-refractivity contribution in [1.82, 2.24) is 5.32 Å². The molecule has 14 heavy (non-hydrogen) atoms. The highest BCUT2D eigenvalue weighted by atomic mass is 32.2. The first kappa shape index (κ1) is 11.3. The van der Waals surface area contributed by atoms with Gasteiger partial charge in [-0.25, -0.2) is 0 Å². The van der Waals surface area contributed by atoms with E-state index in [1.54, 1.807) is 0 Å². The Hall–Kier alpha value is -0.730. The fourth-order valence-corrected chi connectivity index (χ4v) is 1.88. The minimum Gasteiger partial charge on any atom is -0.311 e. The summed E-state index contributed by atoms with van der Waals surface area (Å²) in [6.45, 7) is 4.34. The van der Waals surface area contributed by atoms with Crippen molar-refractivity contribution < 1.29 is 0 Å². The van der Waals surface area contributed by atoms with Crippen molar-refractivity contribution in [3.8, 4) is 0 Å². The molecule has 1 N–H and O–H groups in total. The molecule has 0 heterocycles. The molecular formula is C12H17NS. The van der Waals surface area contributed by atoms with Crippen LogP contribution in [0.1, 0.15) is 19.4 Å². The molecule has 0 unspecified atom stereocenters. The zero-order valence-electron chi connectivity index (χ0n) is 9.00. The second-order valence-corrected chi connectivity index (χ2v) is 4.38. The molecule has 0 saturated carbocycles. The minimum absolute atomic E-state index is 0.968. The van der Waals surface area contributed by atoms with E-state index < -0.39 is 0 Å². The first-order chi connectivity index (χ1) is 6.75. The van der Waals surface area contributed by atoms with E-state index in [9.17, 15) is 0 Å². The van der Waals surface area contributed by atoms with Crippen molar-refractivity contribution in [1.29, 1.82) is 0 Å². The molecule has 0 aliphatic rings. The summed E-state index contributed by atoms with van der Waals surface area (Å²) in [5.41, 5.74) is 2.68. The van der Waals surface area contributed by atoms with Gasteiger partial charge < -0.3 is 5.32 Å². The summed E-state index contributed by atoms with van der Waals surface area (Å²) in [6.07, 6.45) is 0. The van der Waals surface area contributed by atoms with Gasteiger partial charge in [0.25, 0.3) is 0 Å². The number of thioether (sulfide) groups is 1. The van der Waals surface area contributed by atoms with Gasteiger partial charge in [0.15, 0.2) is 0 Å². The molecule has 0 atom stereocenters. The van der Waals surface area contributed by atoms with Crippen molar-refractivity contribution >= 4 is 17.3 Å². The van der Waals surface area contributed by atoms with Crippen LogP contribution >= 0.6 is 11.8 Å². The zero-order valence-corrected chi connectivity index (χ0v) is 9.82. The maximum Gasteiger partial charge on any atom is 0.0460 e. The Labute approximate surface area is 90.6 Å². The summed E-state index contributed by atoms with van der Waals surface area (Å²) < 4.78 is 0. The molecule has 0 aromatic heterocycles. The maximum absolute atomic E-state index is 3.13. The smallest absolute Gasteiger partial charge is 0.0460 e. The molecule has 0 fully saturated rings. The van der Waals surface area contributed by atoms with Crippen LogP contribution in [-0.2, 0) is 0 Å². The van der Waals surface area contributed by atoms with Crippen LogP contribution < -0.4 is 5.32 Å². The van der Waals surface area contributed by atoms with E-state index in [0.717, 1.165) is 5.88 Å². The third-order valence-electron chi connectivity index (χ3n) is 2.17. The van der Waals surface area contributed by atoms with Gasteiger partial charge >= 0.3 is 0 Å². The lowest BCUT2D eigenvalue weighted by Gasteiger charge is -2.07. The van der Waals surface area contributed by atoms with Gasteiger partial charge in [-0.05, 0) is 36.9 Å². The number of rotatable bonds is 4. The third-order valence-corrected chi connectivity index (χ3v) is 3.34. The third kappa shape index (κ3) is 3.20. The van der Waals surface area contributed by atoms with E-state index in [1.807, 2.05) is 24.9 Å². The van der Waals surface area contributed by atoms with Crippen LogP contribution in [0.15, 0.2) is 35.2 Å². The number of allylic oxidation sites excluding steroid dienone is 2. The van der Waals surface area contributed by atoms with E-state index in [1.165, 1.54) is 16.0 Å². The Morgan fingerprint density at radius 2 is 1.86 bits per heavy atom. The second kappa shape index (κ2) is 5.89. The highest BCUT2D eigenvalue weighted by Crippen LogP contribution is 2.25. The Kier molecular flexibility index (Phi) is 4.77. The predicted molar refractivity (Wildman–Crippen MR) is 66.2 cm³/mol. The van der Waals surface area contributed by atoms with Gasteiger partial charge in [-0.2, -0.15) is 0 Å². The number of hydrogen-bond donors (Lipinski definition) is 1. The van der Waals surface area contributed by atoms with Crippen molar-refractivity contribution in [3.05, 3.63) is 40.8 Å². The number of nitrogens with one attached hydrogen (secondary N) is 1. The molecule has 0 radical (unpaired) electrons. The summed E-state index contributed by atoms with van der Waals surface area (Å²) in [4.78, 5) is 1.38. The van der Waals surface area contributed by atoms with Crippen LogP contribution in [0.5, 0.6) is 0 Å². The largest absolute Gasteiger partial charge is 0.311 e. The van der Waals surface area contributed by atoms with Gasteiger partial charge in [-0.1, -0.05) is 30.3 Å². The van der Waals surface area contributed by atoms with Crippen LogP contribution in [-0.4, -0.2) is 12.9 Å². The van der Waals surface area contributed by atoms with E-state index in [2.05, 4.69) is 43.4 Å². The molecule has 0 aliphatic heterocycles. The molecule has 76 valence electrons. The summed E-state index contributed by atoms with van der Waals surface area (Å²) in [6, 6.07) is 10.5. The zero-order chi connectivity index (χ0) is 10.4. The molecular weight excluding hydrogens is 190 g/mol. The number of benzene rings is 1. The van der Waals surface area contributed by atoms with Crippen LogP contribution in [0.4, 0.5) is 0 Å². The SMILES string of the molecule is CNCS/C(C)=C(\C)c1ccccc1. The van der Waals surface area contributed by atoms with Gasteiger partial charge in [0, 0.05) is 5.88 Å². The molecule has 0 amide bonds. The monoisotopic (exact) mass is 207 g/mol. The fraction of sp³-hybridized carbons (Fsp3) is 0.333. The molecule has 0 bridgehead atoms. The molecule has 2 heteroatoms. The van der Waals surface area contributed by atoms with Gasteiger partial charge in [0.2, 0.25) is 0 Å². The average Bonchev–Trinajstić information content (AvgIpc) is 2.26. The van der Waals surface area contributed by atoms with Crippen LogP contribution in [0.3, 0.4) is 0 Å². The van der Waals surface area contributed by atoms with Crippen molar-refractivity contribution in [2.45, 2.75) is 13.8 Å². The molecule has 1 nitrogen and oxygen atoms in total. The summed E-state index contributed by atoms with van der Waals surface area (Å²) >= 11 is 1.85. The first-order valence-corrected chi connectivity index (χ1v) is 5.74. The van der Waals surface area contributed by atoms with Gasteiger partial charge in [0.1, 0.15) is 0 Å². The standard InChI is InChI=1S/C12H17NS/c1-10(11(2)14-9-13-3)12-7-5-4-6-8-12/h4-8,13H,9H2,1-3H3/b11-10+.